The molecule has 1 aromatic carbocycles. The maximum Gasteiger partial charge on any atom is 0.317 e. The third-order valence-corrected chi connectivity index (χ3v) is 4.32. The molecule has 21 heavy (non-hydrogen) atoms. The van der Waals surface area contributed by atoms with Crippen LogP contribution in [0.1, 0.15) is 43.7 Å². The van der Waals surface area contributed by atoms with Crippen LogP contribution >= 0.6 is 0 Å². The number of nitrogens with zero attached hydrogens (tertiary/aromatic N) is 1. The van der Waals surface area contributed by atoms with Gasteiger partial charge < -0.3 is 15.3 Å². The second-order valence-corrected chi connectivity index (χ2v) is 5.90. The van der Waals surface area contributed by atoms with Crippen LogP contribution in [0.25, 0.3) is 0 Å². The zero-order valence-electron chi connectivity index (χ0n) is 13.0. The fraction of sp³-hybridized carbons (Fsp3) is 0.588. The molecule has 1 aliphatic carbocycles. The average molecular weight is 290 g/mol. The van der Waals surface area contributed by atoms with Gasteiger partial charge in [0.25, 0.3) is 0 Å². The molecule has 0 heterocycles. The Labute approximate surface area is 127 Å². The number of carbonyl (C=O) groups excluding carboxylic acids is 1. The molecule has 1 saturated carbocycles. The third-order valence-electron chi connectivity index (χ3n) is 4.32. The number of nitrogens with one attached hydrogen (secondary N) is 1. The van der Waals surface area contributed by atoms with E-state index in [9.17, 15) is 9.90 Å². The van der Waals surface area contributed by atoms with Crippen LogP contribution < -0.4 is 5.32 Å². The number of aryl methyl sites for hydroxylation is 1. The van der Waals surface area contributed by atoms with Gasteiger partial charge in [-0.15, -0.1) is 0 Å². The summed E-state index contributed by atoms with van der Waals surface area (Å²) >= 11 is 0. The van der Waals surface area contributed by atoms with Crippen molar-refractivity contribution in [2.45, 2.75) is 58.2 Å². The van der Waals surface area contributed by atoms with E-state index in [1.54, 1.807) is 0 Å². The number of hydrogen-bond acceptors (Lipinski definition) is 2. The molecule has 2 rings (SSSR count). The number of benzene rings is 1. The van der Waals surface area contributed by atoms with Gasteiger partial charge in [0, 0.05) is 19.1 Å². The summed E-state index contributed by atoms with van der Waals surface area (Å²) in [4.78, 5) is 14.2. The second kappa shape index (κ2) is 7.46. The number of hydrogen-bond donors (Lipinski definition) is 2. The number of urea groups is 1. The van der Waals surface area contributed by atoms with E-state index in [2.05, 4.69) is 24.4 Å². The van der Waals surface area contributed by atoms with Gasteiger partial charge in [-0.1, -0.05) is 24.3 Å². The number of aliphatic hydroxyl groups excluding tert-OH is 1. The average Bonchev–Trinajstić information content (AvgIpc) is 2.48. The van der Waals surface area contributed by atoms with Crippen molar-refractivity contribution in [3.8, 4) is 0 Å². The van der Waals surface area contributed by atoms with Gasteiger partial charge in [0.2, 0.25) is 0 Å². The lowest BCUT2D eigenvalue weighted by atomic mass is 9.93. The quantitative estimate of drug-likeness (QED) is 0.896. The highest BCUT2D eigenvalue weighted by Crippen LogP contribution is 2.19. The highest BCUT2D eigenvalue weighted by atomic mass is 16.3. The molecule has 0 aliphatic heterocycles. The molecule has 2 N–H and O–H groups in total. The fourth-order valence-corrected chi connectivity index (χ4v) is 2.81. The first kappa shape index (κ1) is 15.8. The van der Waals surface area contributed by atoms with Crippen molar-refractivity contribution in [3.05, 3.63) is 35.4 Å². The molecule has 1 fully saturated rings. The molecule has 0 bridgehead atoms. The summed E-state index contributed by atoms with van der Waals surface area (Å²) in [5.74, 6) is 0. The third kappa shape index (κ3) is 4.46. The lowest BCUT2D eigenvalue weighted by molar-refractivity contribution is 0.115. The first-order valence-electron chi connectivity index (χ1n) is 7.88. The van der Waals surface area contributed by atoms with Crippen molar-refractivity contribution in [2.75, 3.05) is 6.54 Å². The van der Waals surface area contributed by atoms with Crippen LogP contribution in [-0.4, -0.2) is 34.7 Å². The van der Waals surface area contributed by atoms with Gasteiger partial charge in [-0.2, -0.15) is 0 Å². The first-order valence-corrected chi connectivity index (χ1v) is 7.88. The zero-order valence-corrected chi connectivity index (χ0v) is 13.0. The molecule has 2 amide bonds. The highest BCUT2D eigenvalue weighted by Gasteiger charge is 2.22. The molecule has 0 radical (unpaired) electrons. The molecule has 0 saturated heterocycles. The minimum Gasteiger partial charge on any atom is -0.393 e. The number of amides is 2. The molecule has 0 spiro atoms. The SMILES string of the molecule is CCN(Cc1ccccc1C)C(=O)NC1CCC(O)CC1. The van der Waals surface area contributed by atoms with Gasteiger partial charge in [-0.25, -0.2) is 4.79 Å². The number of carbonyl (C=O) groups is 1. The zero-order chi connectivity index (χ0) is 15.2. The van der Waals surface area contributed by atoms with Crippen LogP contribution in [0.2, 0.25) is 0 Å². The summed E-state index contributed by atoms with van der Waals surface area (Å²) in [6.45, 7) is 5.41. The molecule has 0 aromatic heterocycles. The Morgan fingerprint density at radius 2 is 1.95 bits per heavy atom. The first-order chi connectivity index (χ1) is 10.1. The van der Waals surface area contributed by atoms with E-state index in [1.165, 1.54) is 11.1 Å². The number of aliphatic hydroxyl groups is 1. The van der Waals surface area contributed by atoms with Crippen molar-refractivity contribution in [1.29, 1.82) is 0 Å². The Kier molecular flexibility index (Phi) is 5.62. The maximum atomic E-state index is 12.4. The van der Waals surface area contributed by atoms with Crippen LogP contribution in [0.15, 0.2) is 24.3 Å². The van der Waals surface area contributed by atoms with E-state index in [1.807, 2.05) is 24.0 Å². The summed E-state index contributed by atoms with van der Waals surface area (Å²) in [5, 5.41) is 12.6. The Morgan fingerprint density at radius 1 is 1.29 bits per heavy atom. The Balaban J connectivity index is 1.91. The van der Waals surface area contributed by atoms with Crippen LogP contribution in [0.4, 0.5) is 4.79 Å². The Bertz CT molecular complexity index is 468. The fourth-order valence-electron chi connectivity index (χ4n) is 2.81. The minimum absolute atomic E-state index is 0.00198. The lowest BCUT2D eigenvalue weighted by Gasteiger charge is -2.29. The largest absolute Gasteiger partial charge is 0.393 e. The molecule has 116 valence electrons. The summed E-state index contributed by atoms with van der Waals surface area (Å²) in [6, 6.07) is 8.37. The highest BCUT2D eigenvalue weighted by molar-refractivity contribution is 5.74. The Hall–Kier alpha value is -1.55. The molecule has 1 aliphatic rings. The maximum absolute atomic E-state index is 12.4. The van der Waals surface area contributed by atoms with Crippen LogP contribution in [0, 0.1) is 6.92 Å². The second-order valence-electron chi connectivity index (χ2n) is 5.90. The molecule has 4 nitrogen and oxygen atoms in total. The topological polar surface area (TPSA) is 52.6 Å². The van der Waals surface area contributed by atoms with Gasteiger partial charge in [0.1, 0.15) is 0 Å². The summed E-state index contributed by atoms with van der Waals surface area (Å²) in [6.07, 6.45) is 3.13. The number of rotatable bonds is 4. The van der Waals surface area contributed by atoms with Gasteiger partial charge in [-0.05, 0) is 50.7 Å². The van der Waals surface area contributed by atoms with E-state index in [-0.39, 0.29) is 18.2 Å². The molecule has 1 aromatic rings. The Morgan fingerprint density at radius 3 is 2.57 bits per heavy atom. The van der Waals surface area contributed by atoms with Crippen molar-refractivity contribution >= 4 is 6.03 Å². The molecule has 0 unspecified atom stereocenters. The van der Waals surface area contributed by atoms with E-state index in [4.69, 9.17) is 0 Å². The summed E-state index contributed by atoms with van der Waals surface area (Å²) in [7, 11) is 0. The van der Waals surface area contributed by atoms with E-state index < -0.39 is 0 Å². The van der Waals surface area contributed by atoms with E-state index in [0.717, 1.165) is 25.7 Å². The van der Waals surface area contributed by atoms with Gasteiger partial charge >= 0.3 is 6.03 Å². The van der Waals surface area contributed by atoms with Crippen molar-refractivity contribution in [2.24, 2.45) is 0 Å². The summed E-state index contributed by atoms with van der Waals surface area (Å²) < 4.78 is 0. The monoisotopic (exact) mass is 290 g/mol. The molecule has 0 atom stereocenters. The van der Waals surface area contributed by atoms with E-state index in [0.29, 0.717) is 13.1 Å². The van der Waals surface area contributed by atoms with Gasteiger partial charge in [0.15, 0.2) is 0 Å². The lowest BCUT2D eigenvalue weighted by Crippen LogP contribution is -2.46. The standard InChI is InChI=1S/C17H26N2O2/c1-3-19(12-14-7-5-4-6-13(14)2)17(21)18-15-8-10-16(20)11-9-15/h4-7,15-16,20H,3,8-12H2,1-2H3,(H,18,21). The predicted molar refractivity (Wildman–Crippen MR) is 84.1 cm³/mol. The summed E-state index contributed by atoms with van der Waals surface area (Å²) in [5.41, 5.74) is 2.40. The van der Waals surface area contributed by atoms with Crippen molar-refractivity contribution in [3.63, 3.8) is 0 Å². The van der Waals surface area contributed by atoms with Gasteiger partial charge in [0.05, 0.1) is 6.10 Å². The minimum atomic E-state index is -0.188. The molecule has 4 heteroatoms. The van der Waals surface area contributed by atoms with Crippen molar-refractivity contribution < 1.29 is 9.90 Å². The van der Waals surface area contributed by atoms with Gasteiger partial charge in [-0.3, -0.25) is 0 Å². The molecular formula is C17H26N2O2. The predicted octanol–water partition coefficient (Wildman–Crippen LogP) is 2.83. The van der Waals surface area contributed by atoms with Crippen LogP contribution in [0.5, 0.6) is 0 Å². The van der Waals surface area contributed by atoms with Crippen molar-refractivity contribution in [1.82, 2.24) is 10.2 Å². The normalized spacial score (nSPS) is 21.9. The molecular weight excluding hydrogens is 264 g/mol. The van der Waals surface area contributed by atoms with Crippen LogP contribution in [-0.2, 0) is 6.54 Å². The smallest absolute Gasteiger partial charge is 0.317 e. The van der Waals surface area contributed by atoms with Crippen LogP contribution in [0.3, 0.4) is 0 Å². The van der Waals surface area contributed by atoms with E-state index >= 15 is 0 Å².